The number of ether oxygens (including phenoxy) is 2. The maximum Gasteiger partial charge on any atom is 0.343 e. The Morgan fingerprint density at radius 3 is 2.84 bits per heavy atom. The molecule has 3 aliphatic rings. The first kappa shape index (κ1) is 18.5. The van der Waals surface area contributed by atoms with Crippen LogP contribution in [0, 0.1) is 0 Å². The number of nitrogens with zero attached hydrogens (tertiary/aromatic N) is 2. The van der Waals surface area contributed by atoms with Crippen molar-refractivity contribution in [2.45, 2.75) is 45.1 Å². The van der Waals surface area contributed by atoms with Crippen molar-refractivity contribution in [2.24, 2.45) is 0 Å². The third-order valence-electron chi connectivity index (χ3n) is 6.87. The first-order valence-corrected chi connectivity index (χ1v) is 10.5. The highest BCUT2D eigenvalue weighted by Gasteiger charge is 2.45. The summed E-state index contributed by atoms with van der Waals surface area (Å²) in [7, 11) is 0. The number of aromatic nitrogens is 2. The van der Waals surface area contributed by atoms with Crippen molar-refractivity contribution in [1.82, 2.24) is 9.55 Å². The monoisotopic (exact) mass is 420 g/mol. The number of fused-ring (bicyclic) bond motifs is 6. The molecule has 8 heteroatoms. The largest absolute Gasteiger partial charge is 0.493 e. The van der Waals surface area contributed by atoms with Gasteiger partial charge < -0.3 is 24.9 Å². The molecule has 0 aliphatic carbocycles. The number of quaternary nitrogens is 1. The highest BCUT2D eigenvalue weighted by atomic mass is 16.6. The van der Waals surface area contributed by atoms with E-state index in [-0.39, 0.29) is 18.6 Å². The summed E-state index contributed by atoms with van der Waals surface area (Å²) in [6.45, 7) is 3.18. The van der Waals surface area contributed by atoms with Crippen LogP contribution < -0.4 is 16.0 Å². The average molecular weight is 420 g/mol. The summed E-state index contributed by atoms with van der Waals surface area (Å²) in [6, 6.07) is 5.82. The Bertz CT molecular complexity index is 1380. The summed E-state index contributed by atoms with van der Waals surface area (Å²) in [4.78, 5) is 30.6. The van der Waals surface area contributed by atoms with Crippen LogP contribution in [0.15, 0.2) is 23.0 Å². The number of pyridine rings is 2. The number of esters is 1. The Morgan fingerprint density at radius 1 is 1.23 bits per heavy atom. The van der Waals surface area contributed by atoms with Crippen molar-refractivity contribution in [1.29, 1.82) is 0 Å². The standard InChI is InChI=1S/C23H21N3O5/c1-2-23(29)16-6-18-20-14(9-26(18)21(27)15(16)10-31-22(23)28)13(8-24)12-5-11-3-4-30-19(11)7-17(12)25-20/h5-7,29H,2-4,8-10,24H2,1H3/p+1/t23-/m0/s1. The zero-order valence-electron chi connectivity index (χ0n) is 17.2. The molecule has 3 aliphatic heterocycles. The van der Waals surface area contributed by atoms with Gasteiger partial charge in [0.2, 0.25) is 0 Å². The van der Waals surface area contributed by atoms with Crippen molar-refractivity contribution in [3.05, 3.63) is 56.4 Å². The van der Waals surface area contributed by atoms with Crippen molar-refractivity contribution in [3.63, 3.8) is 0 Å². The van der Waals surface area contributed by atoms with Crippen molar-refractivity contribution in [3.8, 4) is 17.1 Å². The van der Waals surface area contributed by atoms with Crippen LogP contribution in [0.4, 0.5) is 0 Å². The van der Waals surface area contributed by atoms with Crippen LogP contribution in [-0.2, 0) is 41.2 Å². The number of rotatable bonds is 2. The molecule has 0 saturated heterocycles. The summed E-state index contributed by atoms with van der Waals surface area (Å²) in [5.74, 6) is 0.126. The zero-order chi connectivity index (χ0) is 21.5. The number of cyclic esters (lactones) is 1. The topological polar surface area (TPSA) is 118 Å². The lowest BCUT2D eigenvalue weighted by molar-refractivity contribution is -0.386. The van der Waals surface area contributed by atoms with Crippen LogP contribution in [-0.4, -0.2) is 27.2 Å². The zero-order valence-corrected chi connectivity index (χ0v) is 17.2. The maximum absolute atomic E-state index is 13.3. The van der Waals surface area contributed by atoms with E-state index in [0.717, 1.165) is 39.8 Å². The van der Waals surface area contributed by atoms with Crippen molar-refractivity contribution < 1.29 is 25.1 Å². The van der Waals surface area contributed by atoms with Crippen molar-refractivity contribution >= 4 is 16.9 Å². The normalized spacial score (nSPS) is 20.7. The second kappa shape index (κ2) is 6.15. The molecule has 8 nitrogen and oxygen atoms in total. The second-order valence-electron chi connectivity index (χ2n) is 8.35. The molecule has 6 rings (SSSR count). The predicted octanol–water partition coefficient (Wildman–Crippen LogP) is 0.756. The third-order valence-corrected chi connectivity index (χ3v) is 6.87. The van der Waals surface area contributed by atoms with Gasteiger partial charge in [-0.3, -0.25) is 4.79 Å². The number of hydrogen-bond acceptors (Lipinski definition) is 6. The van der Waals surface area contributed by atoms with Gasteiger partial charge in [0.05, 0.1) is 35.6 Å². The third kappa shape index (κ3) is 2.29. The van der Waals surface area contributed by atoms with E-state index in [1.54, 1.807) is 17.6 Å². The minimum Gasteiger partial charge on any atom is -0.493 e. The smallest absolute Gasteiger partial charge is 0.343 e. The van der Waals surface area contributed by atoms with Gasteiger partial charge in [-0.05, 0) is 24.1 Å². The molecule has 0 bridgehead atoms. The minimum absolute atomic E-state index is 0.118. The lowest BCUT2D eigenvalue weighted by atomic mass is 9.86. The van der Waals surface area contributed by atoms with E-state index in [9.17, 15) is 14.7 Å². The first-order valence-electron chi connectivity index (χ1n) is 10.5. The summed E-state index contributed by atoms with van der Waals surface area (Å²) in [5, 5.41) is 12.0. The highest BCUT2D eigenvalue weighted by molar-refractivity contribution is 5.90. The van der Waals surface area contributed by atoms with Gasteiger partial charge in [0.15, 0.2) is 5.60 Å². The molecular formula is C23H22N3O5+. The van der Waals surface area contributed by atoms with E-state index < -0.39 is 11.6 Å². The molecule has 5 heterocycles. The molecular weight excluding hydrogens is 398 g/mol. The quantitative estimate of drug-likeness (QED) is 0.462. The number of aliphatic hydroxyl groups is 1. The molecule has 1 aromatic carbocycles. The van der Waals surface area contributed by atoms with E-state index in [2.05, 4.69) is 11.8 Å². The van der Waals surface area contributed by atoms with Gasteiger partial charge in [-0.2, -0.15) is 0 Å². The van der Waals surface area contributed by atoms with Gasteiger partial charge in [-0.25, -0.2) is 9.78 Å². The molecule has 0 spiro atoms. The van der Waals surface area contributed by atoms with Gasteiger partial charge in [0, 0.05) is 34.6 Å². The summed E-state index contributed by atoms with van der Waals surface area (Å²) >= 11 is 0. The number of carbonyl (C=O) groups excluding carboxylic acids is 1. The van der Waals surface area contributed by atoms with Crippen LogP contribution in [0.5, 0.6) is 5.75 Å². The van der Waals surface area contributed by atoms with Crippen LogP contribution in [0.2, 0.25) is 0 Å². The Labute approximate surface area is 177 Å². The van der Waals surface area contributed by atoms with Gasteiger partial charge >= 0.3 is 5.97 Å². The Morgan fingerprint density at radius 2 is 2.06 bits per heavy atom. The molecule has 158 valence electrons. The van der Waals surface area contributed by atoms with Crippen LogP contribution >= 0.6 is 0 Å². The van der Waals surface area contributed by atoms with E-state index in [0.29, 0.717) is 42.2 Å². The fourth-order valence-corrected chi connectivity index (χ4v) is 5.12. The molecule has 1 atom stereocenters. The SMILES string of the molecule is CC[C@@]1(O)C(=O)OCc2c1cc1n(c2=O)Cc2c-1nc1cc3c(cc1c2C[NH3+])CCO3. The number of hydrogen-bond donors (Lipinski definition) is 2. The Hall–Kier alpha value is -3.23. The minimum atomic E-state index is -1.83. The molecule has 31 heavy (non-hydrogen) atoms. The summed E-state index contributed by atoms with van der Waals surface area (Å²) in [5.41, 5.74) is 8.00. The average Bonchev–Trinajstić information content (AvgIpc) is 3.38. The molecule has 0 fully saturated rings. The van der Waals surface area contributed by atoms with Gasteiger partial charge in [0.1, 0.15) is 18.9 Å². The van der Waals surface area contributed by atoms with Gasteiger partial charge in [0.25, 0.3) is 5.56 Å². The molecule has 0 saturated carbocycles. The molecule has 3 aromatic rings. The number of benzene rings is 1. The molecule has 0 radical (unpaired) electrons. The molecule has 0 amide bonds. The molecule has 4 N–H and O–H groups in total. The van der Waals surface area contributed by atoms with Crippen LogP contribution in [0.3, 0.4) is 0 Å². The predicted molar refractivity (Wildman–Crippen MR) is 110 cm³/mol. The van der Waals surface area contributed by atoms with Gasteiger partial charge in [-0.1, -0.05) is 6.92 Å². The van der Waals surface area contributed by atoms with E-state index in [1.807, 2.05) is 6.07 Å². The first-order chi connectivity index (χ1) is 15.0. The van der Waals surface area contributed by atoms with Crippen LogP contribution in [0.1, 0.15) is 41.2 Å². The van der Waals surface area contributed by atoms with E-state index in [4.69, 9.17) is 14.5 Å². The van der Waals surface area contributed by atoms with E-state index >= 15 is 0 Å². The summed E-state index contributed by atoms with van der Waals surface area (Å²) < 4.78 is 12.5. The number of carbonyl (C=O) groups is 1. The van der Waals surface area contributed by atoms with E-state index in [1.165, 1.54) is 0 Å². The lowest BCUT2D eigenvalue weighted by Gasteiger charge is -2.31. The van der Waals surface area contributed by atoms with Crippen molar-refractivity contribution in [2.75, 3.05) is 6.61 Å². The maximum atomic E-state index is 13.3. The highest BCUT2D eigenvalue weighted by Crippen LogP contribution is 2.41. The lowest BCUT2D eigenvalue weighted by Crippen LogP contribution is -2.48. The molecule has 0 unspecified atom stereocenters. The Kier molecular flexibility index (Phi) is 3.68. The molecule has 2 aromatic heterocycles. The second-order valence-corrected chi connectivity index (χ2v) is 8.35. The fourth-order valence-electron chi connectivity index (χ4n) is 5.12. The Balaban J connectivity index is 1.65. The van der Waals surface area contributed by atoms with Crippen LogP contribution in [0.25, 0.3) is 22.3 Å². The summed E-state index contributed by atoms with van der Waals surface area (Å²) in [6.07, 6.45) is 0.988. The fraction of sp³-hybridized carbons (Fsp3) is 0.348. The van der Waals surface area contributed by atoms with Gasteiger partial charge in [-0.15, -0.1) is 0 Å².